The van der Waals surface area contributed by atoms with Crippen molar-refractivity contribution in [2.24, 2.45) is 0 Å². The normalized spacial score (nSPS) is 12.2. The van der Waals surface area contributed by atoms with Gasteiger partial charge < -0.3 is 4.72 Å². The molecule has 2 aromatic carbocycles. The van der Waals surface area contributed by atoms with E-state index in [1.54, 1.807) is 24.3 Å². The first kappa shape index (κ1) is 14.1. The summed E-state index contributed by atoms with van der Waals surface area (Å²) in [7, 11) is -1.28. The van der Waals surface area contributed by atoms with Gasteiger partial charge in [-0.2, -0.15) is 0 Å². The number of rotatable bonds is 3. The molecule has 1 atom stereocenters. The maximum Gasteiger partial charge on any atom is 0.150 e. The highest BCUT2D eigenvalue weighted by molar-refractivity contribution is 7.86. The number of anilines is 1. The first-order chi connectivity index (χ1) is 8.97. The Labute approximate surface area is 121 Å². The van der Waals surface area contributed by atoms with E-state index in [9.17, 15) is 4.21 Å². The largest absolute Gasteiger partial charge is 0.301 e. The van der Waals surface area contributed by atoms with Gasteiger partial charge >= 0.3 is 0 Å². The average Bonchev–Trinajstić information content (AvgIpc) is 2.34. The van der Waals surface area contributed by atoms with E-state index < -0.39 is 11.0 Å². The van der Waals surface area contributed by atoms with Crippen LogP contribution < -0.4 is 4.72 Å². The summed E-state index contributed by atoms with van der Waals surface area (Å²) in [6.45, 7) is 6.09. The SMILES string of the molecule is Cc1cc(C)c(NS(=O)c2ccc(Cl)cc2)c(C)c1. The lowest BCUT2D eigenvalue weighted by Crippen LogP contribution is -2.07. The average molecular weight is 294 g/mol. The van der Waals surface area contributed by atoms with Crippen molar-refractivity contribution in [1.29, 1.82) is 0 Å². The third kappa shape index (κ3) is 3.37. The van der Waals surface area contributed by atoms with Crippen molar-refractivity contribution < 1.29 is 4.21 Å². The molecular weight excluding hydrogens is 278 g/mol. The number of benzene rings is 2. The minimum atomic E-state index is -1.28. The molecule has 0 aliphatic rings. The first-order valence-corrected chi connectivity index (χ1v) is 7.52. The molecule has 0 aliphatic carbocycles. The van der Waals surface area contributed by atoms with Crippen LogP contribution in [0.25, 0.3) is 0 Å². The molecular formula is C15H16ClNOS. The molecule has 0 aliphatic heterocycles. The van der Waals surface area contributed by atoms with Crippen molar-refractivity contribution >= 4 is 28.3 Å². The minimum Gasteiger partial charge on any atom is -0.301 e. The molecule has 2 nitrogen and oxygen atoms in total. The zero-order chi connectivity index (χ0) is 14.0. The van der Waals surface area contributed by atoms with Crippen LogP contribution >= 0.6 is 11.6 Å². The third-order valence-electron chi connectivity index (χ3n) is 2.90. The molecule has 19 heavy (non-hydrogen) atoms. The maximum absolute atomic E-state index is 12.3. The highest BCUT2D eigenvalue weighted by Crippen LogP contribution is 2.24. The van der Waals surface area contributed by atoms with E-state index >= 15 is 0 Å². The predicted molar refractivity (Wildman–Crippen MR) is 82.1 cm³/mol. The Morgan fingerprint density at radius 3 is 2.05 bits per heavy atom. The van der Waals surface area contributed by atoms with Gasteiger partial charge in [0.15, 0.2) is 0 Å². The summed E-state index contributed by atoms with van der Waals surface area (Å²) in [4.78, 5) is 0.712. The van der Waals surface area contributed by atoms with E-state index in [1.165, 1.54) is 5.56 Å². The molecule has 1 unspecified atom stereocenters. The Morgan fingerprint density at radius 2 is 1.53 bits per heavy atom. The molecule has 4 heteroatoms. The number of aryl methyl sites for hydroxylation is 3. The fraction of sp³-hybridized carbons (Fsp3) is 0.200. The second-order valence-corrected chi connectivity index (χ2v) is 6.25. The number of halogens is 1. The lowest BCUT2D eigenvalue weighted by atomic mass is 10.1. The molecule has 0 saturated carbocycles. The van der Waals surface area contributed by atoms with Crippen molar-refractivity contribution in [2.75, 3.05) is 4.72 Å². The zero-order valence-electron chi connectivity index (χ0n) is 11.2. The number of hydrogen-bond acceptors (Lipinski definition) is 1. The van der Waals surface area contributed by atoms with Crippen LogP contribution in [-0.4, -0.2) is 4.21 Å². The van der Waals surface area contributed by atoms with Gasteiger partial charge in [0.05, 0.1) is 10.6 Å². The Kier molecular flexibility index (Phi) is 4.27. The van der Waals surface area contributed by atoms with E-state index in [4.69, 9.17) is 11.6 Å². The summed E-state index contributed by atoms with van der Waals surface area (Å²) in [6, 6.07) is 11.2. The minimum absolute atomic E-state index is 0.642. The van der Waals surface area contributed by atoms with Crippen molar-refractivity contribution in [1.82, 2.24) is 0 Å². The van der Waals surface area contributed by atoms with Crippen molar-refractivity contribution in [3.8, 4) is 0 Å². The van der Waals surface area contributed by atoms with Crippen LogP contribution in [0.1, 0.15) is 16.7 Å². The molecule has 0 aromatic heterocycles. The predicted octanol–water partition coefficient (Wildman–Crippen LogP) is 4.40. The van der Waals surface area contributed by atoms with Crippen LogP contribution in [0.5, 0.6) is 0 Å². The molecule has 0 spiro atoms. The van der Waals surface area contributed by atoms with Gasteiger partial charge in [0.2, 0.25) is 0 Å². The van der Waals surface area contributed by atoms with Crippen LogP contribution in [0.3, 0.4) is 0 Å². The summed E-state index contributed by atoms with van der Waals surface area (Å²) >= 11 is 5.83. The second-order valence-electron chi connectivity index (χ2n) is 4.60. The molecule has 0 saturated heterocycles. The third-order valence-corrected chi connectivity index (χ3v) is 4.24. The highest BCUT2D eigenvalue weighted by atomic mass is 35.5. The van der Waals surface area contributed by atoms with Gasteiger partial charge in [-0.3, -0.25) is 0 Å². The Morgan fingerprint density at radius 1 is 1.00 bits per heavy atom. The van der Waals surface area contributed by atoms with E-state index in [0.29, 0.717) is 9.92 Å². The van der Waals surface area contributed by atoms with E-state index in [0.717, 1.165) is 16.8 Å². The fourth-order valence-corrected chi connectivity index (χ4v) is 3.19. The van der Waals surface area contributed by atoms with Crippen LogP contribution in [-0.2, 0) is 11.0 Å². The Balaban J connectivity index is 2.26. The van der Waals surface area contributed by atoms with Gasteiger partial charge in [0.25, 0.3) is 0 Å². The van der Waals surface area contributed by atoms with Crippen LogP contribution in [0.15, 0.2) is 41.3 Å². The first-order valence-electron chi connectivity index (χ1n) is 5.99. The van der Waals surface area contributed by atoms with Crippen molar-refractivity contribution in [3.05, 3.63) is 58.1 Å². The standard InChI is InChI=1S/C15H16ClNOS/c1-10-8-11(2)15(12(3)9-10)17-19(18)14-6-4-13(16)5-7-14/h4-9,17H,1-3H3. The zero-order valence-corrected chi connectivity index (χ0v) is 12.7. The van der Waals surface area contributed by atoms with Gasteiger partial charge in [-0.15, -0.1) is 0 Å². The van der Waals surface area contributed by atoms with Gasteiger partial charge in [-0.1, -0.05) is 29.3 Å². The summed E-state index contributed by atoms with van der Waals surface area (Å²) < 4.78 is 15.3. The van der Waals surface area contributed by atoms with Crippen LogP contribution in [0, 0.1) is 20.8 Å². The van der Waals surface area contributed by atoms with Gasteiger partial charge in [0.1, 0.15) is 11.0 Å². The summed E-state index contributed by atoms with van der Waals surface area (Å²) in [6.07, 6.45) is 0. The fourth-order valence-electron chi connectivity index (χ4n) is 2.05. The molecule has 0 amide bonds. The smallest absolute Gasteiger partial charge is 0.150 e. The van der Waals surface area contributed by atoms with E-state index in [2.05, 4.69) is 23.8 Å². The molecule has 0 bridgehead atoms. The molecule has 2 aromatic rings. The summed E-state index contributed by atoms with van der Waals surface area (Å²) in [5, 5.41) is 0.642. The molecule has 0 radical (unpaired) electrons. The summed E-state index contributed by atoms with van der Waals surface area (Å²) in [5.41, 5.74) is 4.33. The number of hydrogen-bond donors (Lipinski definition) is 1. The van der Waals surface area contributed by atoms with Gasteiger partial charge in [-0.05, 0) is 56.2 Å². The van der Waals surface area contributed by atoms with E-state index in [-0.39, 0.29) is 0 Å². The van der Waals surface area contributed by atoms with Crippen LogP contribution in [0.2, 0.25) is 5.02 Å². The lowest BCUT2D eigenvalue weighted by molar-refractivity contribution is 0.686. The molecule has 1 N–H and O–H groups in total. The molecule has 2 rings (SSSR count). The lowest BCUT2D eigenvalue weighted by Gasteiger charge is -2.13. The monoisotopic (exact) mass is 293 g/mol. The van der Waals surface area contributed by atoms with Crippen LogP contribution in [0.4, 0.5) is 5.69 Å². The topological polar surface area (TPSA) is 29.1 Å². The number of nitrogens with one attached hydrogen (secondary N) is 1. The summed E-state index contributed by atoms with van der Waals surface area (Å²) in [5.74, 6) is 0. The maximum atomic E-state index is 12.3. The van der Waals surface area contributed by atoms with Crippen molar-refractivity contribution in [2.45, 2.75) is 25.7 Å². The highest BCUT2D eigenvalue weighted by Gasteiger charge is 2.08. The Hall–Kier alpha value is -1.32. The molecule has 0 fully saturated rings. The Bertz CT molecular complexity index is 600. The quantitative estimate of drug-likeness (QED) is 0.893. The molecule has 100 valence electrons. The second kappa shape index (κ2) is 5.76. The molecule has 0 heterocycles. The van der Waals surface area contributed by atoms with Crippen molar-refractivity contribution in [3.63, 3.8) is 0 Å². The van der Waals surface area contributed by atoms with Gasteiger partial charge in [0, 0.05) is 5.02 Å². The van der Waals surface area contributed by atoms with Gasteiger partial charge in [-0.25, -0.2) is 4.21 Å². The van der Waals surface area contributed by atoms with E-state index in [1.807, 2.05) is 13.8 Å².